The second-order valence-electron chi connectivity index (χ2n) is 17.2. The highest BCUT2D eigenvalue weighted by atomic mass is 15.0. The maximum Gasteiger partial charge on any atom is 0.164 e. The van der Waals surface area contributed by atoms with Crippen molar-refractivity contribution in [3.05, 3.63) is 249 Å². The number of para-hydroxylation sites is 3. The third kappa shape index (κ3) is 6.76. The molecule has 3 heterocycles. The third-order valence-electron chi connectivity index (χ3n) is 13.2. The molecular weight excluding hydrogens is 827 g/mol. The van der Waals surface area contributed by atoms with Gasteiger partial charge < -0.3 is 9.13 Å². The van der Waals surface area contributed by atoms with Gasteiger partial charge in [0, 0.05) is 49.5 Å². The van der Waals surface area contributed by atoms with Crippen LogP contribution in [0, 0.1) is 0 Å². The maximum atomic E-state index is 5.35. The summed E-state index contributed by atoms with van der Waals surface area (Å²) in [6.45, 7) is 0. The summed E-state index contributed by atoms with van der Waals surface area (Å²) in [6.07, 6.45) is 0. The van der Waals surface area contributed by atoms with Crippen LogP contribution in [0.5, 0.6) is 0 Å². The Morgan fingerprint density at radius 3 is 1.29 bits per heavy atom. The molecule has 0 atom stereocenters. The number of benzene rings is 10. The van der Waals surface area contributed by atoms with Gasteiger partial charge in [-0.05, 0) is 82.4 Å². The van der Waals surface area contributed by atoms with Crippen molar-refractivity contribution in [1.29, 1.82) is 0 Å². The molecule has 0 saturated carbocycles. The van der Waals surface area contributed by atoms with Crippen molar-refractivity contribution in [3.8, 4) is 78.9 Å². The predicted molar refractivity (Wildman–Crippen MR) is 281 cm³/mol. The fraction of sp³-hybridized carbons (Fsp3) is 0. The zero-order valence-electron chi connectivity index (χ0n) is 36.9. The fourth-order valence-corrected chi connectivity index (χ4v) is 9.97. The average Bonchev–Trinajstić information content (AvgIpc) is 3.94. The van der Waals surface area contributed by atoms with Crippen molar-refractivity contribution in [2.24, 2.45) is 0 Å². The van der Waals surface area contributed by atoms with Crippen LogP contribution in [0.2, 0.25) is 0 Å². The first-order valence-electron chi connectivity index (χ1n) is 23.0. The molecule has 5 heteroatoms. The predicted octanol–water partition coefficient (Wildman–Crippen LogP) is 16.1. The van der Waals surface area contributed by atoms with E-state index in [0.717, 1.165) is 66.8 Å². The van der Waals surface area contributed by atoms with Crippen LogP contribution in [0.25, 0.3) is 123 Å². The summed E-state index contributed by atoms with van der Waals surface area (Å²) in [7, 11) is 0. The monoisotopic (exact) mass is 867 g/mol. The molecule has 318 valence electrons. The van der Waals surface area contributed by atoms with Crippen LogP contribution in [-0.4, -0.2) is 24.1 Å². The molecule has 0 aliphatic carbocycles. The standard InChI is InChI=1S/C63H41N5/c1-4-18-42(19-5-1)45-24-16-25-47(38-45)51-36-34-49(41-60(51)68-57-32-14-10-28-52(57)53-29-11-15-33-58(53)68)63-65-61(44-22-8-3-9-23-44)64-62(66-63)48-26-17-27-50(39-48)67-56-31-13-12-30-54(56)55-40-46(35-37-59(55)67)43-20-6-2-7-21-43/h1-41H. The molecule has 5 nitrogen and oxygen atoms in total. The minimum absolute atomic E-state index is 0.594. The Morgan fingerprint density at radius 1 is 0.235 bits per heavy atom. The number of nitrogens with zero attached hydrogens (tertiary/aromatic N) is 5. The summed E-state index contributed by atoms with van der Waals surface area (Å²) in [6, 6.07) is 88.2. The van der Waals surface area contributed by atoms with E-state index in [9.17, 15) is 0 Å². The maximum absolute atomic E-state index is 5.35. The van der Waals surface area contributed by atoms with Crippen molar-refractivity contribution >= 4 is 43.6 Å². The number of fused-ring (bicyclic) bond motifs is 6. The smallest absolute Gasteiger partial charge is 0.164 e. The largest absolute Gasteiger partial charge is 0.309 e. The van der Waals surface area contributed by atoms with E-state index in [2.05, 4.69) is 240 Å². The molecule has 0 spiro atoms. The molecule has 13 rings (SSSR count). The zero-order valence-corrected chi connectivity index (χ0v) is 36.9. The fourth-order valence-electron chi connectivity index (χ4n) is 9.97. The van der Waals surface area contributed by atoms with Crippen LogP contribution in [0.15, 0.2) is 249 Å². The molecule has 0 fully saturated rings. The highest BCUT2D eigenvalue weighted by molar-refractivity contribution is 6.11. The molecule has 0 aliphatic heterocycles. The van der Waals surface area contributed by atoms with Crippen LogP contribution in [-0.2, 0) is 0 Å². The number of rotatable bonds is 8. The summed E-state index contributed by atoms with van der Waals surface area (Å²) in [5, 5.41) is 4.81. The molecule has 0 amide bonds. The van der Waals surface area contributed by atoms with Crippen LogP contribution in [0.3, 0.4) is 0 Å². The Bertz CT molecular complexity index is 3970. The molecule has 0 unspecified atom stereocenters. The lowest BCUT2D eigenvalue weighted by atomic mass is 9.96. The van der Waals surface area contributed by atoms with Gasteiger partial charge in [0.1, 0.15) is 0 Å². The molecule has 3 aromatic heterocycles. The quantitative estimate of drug-likeness (QED) is 0.153. The number of aromatic nitrogens is 5. The Labute approximate surface area is 393 Å². The summed E-state index contributed by atoms with van der Waals surface area (Å²) in [5.41, 5.74) is 16.2. The Hall–Kier alpha value is -9.19. The van der Waals surface area contributed by atoms with Gasteiger partial charge in [0.05, 0.1) is 27.8 Å². The highest BCUT2D eigenvalue weighted by Crippen LogP contribution is 2.40. The summed E-state index contributed by atoms with van der Waals surface area (Å²) in [5.74, 6) is 1.80. The van der Waals surface area contributed by atoms with Crippen LogP contribution < -0.4 is 0 Å². The topological polar surface area (TPSA) is 48.5 Å². The summed E-state index contributed by atoms with van der Waals surface area (Å²) >= 11 is 0. The van der Waals surface area contributed by atoms with E-state index in [-0.39, 0.29) is 0 Å². The minimum Gasteiger partial charge on any atom is -0.309 e. The van der Waals surface area contributed by atoms with E-state index in [1.54, 1.807) is 0 Å². The first kappa shape index (κ1) is 39.2. The van der Waals surface area contributed by atoms with Gasteiger partial charge in [-0.1, -0.05) is 194 Å². The van der Waals surface area contributed by atoms with E-state index in [4.69, 9.17) is 15.0 Å². The summed E-state index contributed by atoms with van der Waals surface area (Å²) < 4.78 is 4.75. The Morgan fingerprint density at radius 2 is 0.662 bits per heavy atom. The van der Waals surface area contributed by atoms with Gasteiger partial charge in [0.25, 0.3) is 0 Å². The molecule has 68 heavy (non-hydrogen) atoms. The lowest BCUT2D eigenvalue weighted by Gasteiger charge is -2.17. The van der Waals surface area contributed by atoms with Gasteiger partial charge in [-0.3, -0.25) is 0 Å². The van der Waals surface area contributed by atoms with Crippen molar-refractivity contribution in [2.45, 2.75) is 0 Å². The van der Waals surface area contributed by atoms with Crippen molar-refractivity contribution in [3.63, 3.8) is 0 Å². The molecular formula is C63H41N5. The molecule has 0 bridgehead atoms. The lowest BCUT2D eigenvalue weighted by Crippen LogP contribution is -2.03. The summed E-state index contributed by atoms with van der Waals surface area (Å²) in [4.78, 5) is 15.8. The second-order valence-corrected chi connectivity index (χ2v) is 17.2. The average molecular weight is 868 g/mol. The zero-order chi connectivity index (χ0) is 45.0. The Kier molecular flexibility index (Phi) is 9.43. The van der Waals surface area contributed by atoms with Crippen LogP contribution in [0.4, 0.5) is 0 Å². The second kappa shape index (κ2) is 16.4. The highest BCUT2D eigenvalue weighted by Gasteiger charge is 2.20. The van der Waals surface area contributed by atoms with Gasteiger partial charge in [0.2, 0.25) is 0 Å². The van der Waals surface area contributed by atoms with Gasteiger partial charge in [-0.2, -0.15) is 0 Å². The normalized spacial score (nSPS) is 11.5. The molecule has 13 aromatic rings. The lowest BCUT2D eigenvalue weighted by molar-refractivity contribution is 1.07. The SMILES string of the molecule is c1ccc(-c2cccc(-c3ccc(-c4nc(-c5ccccc5)nc(-c5cccc(-n6c7ccccc7c7cc(-c8ccccc8)ccc76)c5)n4)cc3-n3c4ccccc4c4ccccc43)c2)cc1. The molecule has 0 N–H and O–H groups in total. The Balaban J connectivity index is 1.00. The first-order chi connectivity index (χ1) is 33.7. The van der Waals surface area contributed by atoms with E-state index in [1.807, 2.05) is 18.2 Å². The van der Waals surface area contributed by atoms with Crippen LogP contribution in [0.1, 0.15) is 0 Å². The van der Waals surface area contributed by atoms with Crippen LogP contribution >= 0.6 is 0 Å². The van der Waals surface area contributed by atoms with Gasteiger partial charge >= 0.3 is 0 Å². The van der Waals surface area contributed by atoms with Crippen molar-refractivity contribution in [1.82, 2.24) is 24.1 Å². The van der Waals surface area contributed by atoms with E-state index in [1.165, 1.54) is 38.2 Å². The minimum atomic E-state index is 0.594. The van der Waals surface area contributed by atoms with E-state index >= 15 is 0 Å². The molecule has 0 radical (unpaired) electrons. The van der Waals surface area contributed by atoms with Crippen molar-refractivity contribution < 1.29 is 0 Å². The van der Waals surface area contributed by atoms with Gasteiger partial charge in [0.15, 0.2) is 17.5 Å². The van der Waals surface area contributed by atoms with E-state index < -0.39 is 0 Å². The number of hydrogen-bond acceptors (Lipinski definition) is 3. The molecule has 10 aromatic carbocycles. The van der Waals surface area contributed by atoms with Crippen molar-refractivity contribution in [2.75, 3.05) is 0 Å². The third-order valence-corrected chi connectivity index (χ3v) is 13.2. The molecule has 0 aliphatic rings. The number of hydrogen-bond donors (Lipinski definition) is 0. The van der Waals surface area contributed by atoms with Gasteiger partial charge in [-0.25, -0.2) is 15.0 Å². The first-order valence-corrected chi connectivity index (χ1v) is 23.0. The van der Waals surface area contributed by atoms with E-state index in [0.29, 0.717) is 17.5 Å². The molecule has 0 saturated heterocycles. The van der Waals surface area contributed by atoms with Gasteiger partial charge in [-0.15, -0.1) is 0 Å².